The van der Waals surface area contributed by atoms with Crippen molar-refractivity contribution >= 4 is 12.1 Å². The summed E-state index contributed by atoms with van der Waals surface area (Å²) in [6.45, 7) is 3.34. The molecule has 0 fully saturated rings. The maximum Gasteiger partial charge on any atom is 0.407 e. The summed E-state index contributed by atoms with van der Waals surface area (Å²) in [5.41, 5.74) is 1.55. The molecule has 0 aromatic heterocycles. The van der Waals surface area contributed by atoms with Gasteiger partial charge in [-0.2, -0.15) is 0 Å². The van der Waals surface area contributed by atoms with Crippen molar-refractivity contribution in [3.05, 3.63) is 70.8 Å². The highest BCUT2D eigenvalue weighted by atomic mass is 19.1. The van der Waals surface area contributed by atoms with Gasteiger partial charge in [-0.25, -0.2) is 18.4 Å². The lowest BCUT2D eigenvalue weighted by molar-refractivity contribution is -0.153. The number of carbonyl (C=O) groups is 2. The topological polar surface area (TPSA) is 84.9 Å². The van der Waals surface area contributed by atoms with Crippen LogP contribution in [0.25, 0.3) is 0 Å². The molecule has 2 N–H and O–H groups in total. The lowest BCUT2D eigenvalue weighted by atomic mass is 10.0. The molecular formula is C21H23F2NO5. The van der Waals surface area contributed by atoms with Crippen LogP contribution in [0.1, 0.15) is 30.5 Å². The van der Waals surface area contributed by atoms with Crippen LogP contribution in [0.4, 0.5) is 13.6 Å². The highest BCUT2D eigenvalue weighted by molar-refractivity contribution is 5.72. The van der Waals surface area contributed by atoms with Crippen molar-refractivity contribution in [2.45, 2.75) is 45.6 Å². The molecule has 2 aromatic carbocycles. The molecule has 1 amide bonds. The van der Waals surface area contributed by atoms with Gasteiger partial charge in [-0.15, -0.1) is 0 Å². The largest absolute Gasteiger partial charge is 0.479 e. The summed E-state index contributed by atoms with van der Waals surface area (Å²) in [7, 11) is 0. The molecule has 0 aliphatic carbocycles. The number of benzene rings is 2. The Balaban J connectivity index is 1.87. The fourth-order valence-corrected chi connectivity index (χ4v) is 2.61. The molecule has 0 aliphatic rings. The molecule has 2 aromatic rings. The van der Waals surface area contributed by atoms with Gasteiger partial charge in [-0.3, -0.25) is 0 Å². The number of aliphatic carboxylic acids is 1. The molecule has 0 saturated heterocycles. The number of hydrogen-bond acceptors (Lipinski definition) is 4. The number of hydrogen-bond donors (Lipinski definition) is 2. The maximum atomic E-state index is 13.5. The third kappa shape index (κ3) is 7.50. The second-order valence-corrected chi connectivity index (χ2v) is 6.70. The Labute approximate surface area is 167 Å². The standard InChI is InChI=1S/C21H23F2NO5/c1-13(2)29-19(20(25)26)9-14-4-3-5-15(8-14)11-24-21(27)28-12-16-6-7-17(22)10-18(16)23/h3-8,10,13,19H,9,11-12H2,1-2H3,(H,24,27)(H,25,26). The number of carboxylic acids is 1. The number of rotatable bonds is 9. The molecule has 0 spiro atoms. The average Bonchev–Trinajstić information content (AvgIpc) is 2.65. The normalized spacial score (nSPS) is 11.9. The van der Waals surface area contributed by atoms with E-state index >= 15 is 0 Å². The predicted octanol–water partition coefficient (Wildman–Crippen LogP) is 3.81. The van der Waals surface area contributed by atoms with Crippen molar-refractivity contribution in [2.24, 2.45) is 0 Å². The van der Waals surface area contributed by atoms with E-state index < -0.39 is 29.8 Å². The Morgan fingerprint density at radius 2 is 1.83 bits per heavy atom. The molecule has 6 nitrogen and oxygen atoms in total. The third-order valence-electron chi connectivity index (χ3n) is 3.94. The molecule has 0 heterocycles. The number of ether oxygens (including phenoxy) is 2. The smallest absolute Gasteiger partial charge is 0.407 e. The zero-order valence-electron chi connectivity index (χ0n) is 16.2. The Hall–Kier alpha value is -3.00. The minimum absolute atomic E-state index is 0.0633. The van der Waals surface area contributed by atoms with Crippen LogP contribution in [-0.2, 0) is 33.8 Å². The van der Waals surface area contributed by atoms with Gasteiger partial charge >= 0.3 is 12.1 Å². The number of carbonyl (C=O) groups excluding carboxylic acids is 1. The summed E-state index contributed by atoms with van der Waals surface area (Å²) in [5.74, 6) is -2.54. The third-order valence-corrected chi connectivity index (χ3v) is 3.94. The number of alkyl carbamates (subject to hydrolysis) is 1. The zero-order chi connectivity index (χ0) is 21.4. The minimum Gasteiger partial charge on any atom is -0.479 e. The van der Waals surface area contributed by atoms with Crippen LogP contribution in [0.5, 0.6) is 0 Å². The SMILES string of the molecule is CC(C)OC(Cc1cccc(CNC(=O)OCc2ccc(F)cc2F)c1)C(=O)O. The van der Waals surface area contributed by atoms with E-state index in [-0.39, 0.29) is 31.2 Å². The highest BCUT2D eigenvalue weighted by Gasteiger charge is 2.20. The van der Waals surface area contributed by atoms with E-state index in [9.17, 15) is 23.5 Å². The van der Waals surface area contributed by atoms with Gasteiger partial charge in [0.2, 0.25) is 0 Å². The van der Waals surface area contributed by atoms with Crippen LogP contribution in [0, 0.1) is 11.6 Å². The van der Waals surface area contributed by atoms with Crippen molar-refractivity contribution in [1.29, 1.82) is 0 Å². The van der Waals surface area contributed by atoms with Gasteiger partial charge in [0.25, 0.3) is 0 Å². The van der Waals surface area contributed by atoms with Gasteiger partial charge in [0.05, 0.1) is 6.10 Å². The van der Waals surface area contributed by atoms with Gasteiger partial charge in [-0.05, 0) is 37.1 Å². The first-order valence-corrected chi connectivity index (χ1v) is 9.05. The molecule has 1 unspecified atom stereocenters. The number of halogens is 2. The summed E-state index contributed by atoms with van der Waals surface area (Å²) in [6, 6.07) is 10.1. The fraction of sp³-hybridized carbons (Fsp3) is 0.333. The van der Waals surface area contributed by atoms with Crippen molar-refractivity contribution in [3.63, 3.8) is 0 Å². The molecule has 0 bridgehead atoms. The maximum absolute atomic E-state index is 13.5. The number of nitrogens with one attached hydrogen (secondary N) is 1. The Bertz CT molecular complexity index is 857. The minimum atomic E-state index is -1.04. The summed E-state index contributed by atoms with van der Waals surface area (Å²) in [4.78, 5) is 23.1. The highest BCUT2D eigenvalue weighted by Crippen LogP contribution is 2.13. The lowest BCUT2D eigenvalue weighted by Crippen LogP contribution is -2.29. The molecule has 0 radical (unpaired) electrons. The van der Waals surface area contributed by atoms with Gasteiger partial charge in [0, 0.05) is 24.6 Å². The van der Waals surface area contributed by atoms with Crippen molar-refractivity contribution < 1.29 is 33.0 Å². The van der Waals surface area contributed by atoms with Crippen LogP contribution in [0.3, 0.4) is 0 Å². The van der Waals surface area contributed by atoms with E-state index in [4.69, 9.17) is 9.47 Å². The van der Waals surface area contributed by atoms with Crippen LogP contribution >= 0.6 is 0 Å². The number of amides is 1. The van der Waals surface area contributed by atoms with E-state index in [1.807, 2.05) is 0 Å². The molecule has 8 heteroatoms. The Kier molecular flexibility index (Phi) is 8.09. The molecule has 2 rings (SSSR count). The summed E-state index contributed by atoms with van der Waals surface area (Å²) in [6.07, 6.45) is -1.75. The van der Waals surface area contributed by atoms with E-state index in [1.165, 1.54) is 6.07 Å². The van der Waals surface area contributed by atoms with Crippen LogP contribution in [0.2, 0.25) is 0 Å². The lowest BCUT2D eigenvalue weighted by Gasteiger charge is -2.17. The first kappa shape index (κ1) is 22.3. The van der Waals surface area contributed by atoms with E-state index in [1.54, 1.807) is 38.1 Å². The molecule has 0 aliphatic heterocycles. The fourth-order valence-electron chi connectivity index (χ4n) is 2.61. The quantitative estimate of drug-likeness (QED) is 0.660. The monoisotopic (exact) mass is 407 g/mol. The van der Waals surface area contributed by atoms with Crippen molar-refractivity contribution in [2.75, 3.05) is 0 Å². The summed E-state index contributed by atoms with van der Waals surface area (Å²) in [5, 5.41) is 11.8. The van der Waals surface area contributed by atoms with Crippen LogP contribution in [0.15, 0.2) is 42.5 Å². The Morgan fingerprint density at radius 3 is 2.48 bits per heavy atom. The average molecular weight is 407 g/mol. The van der Waals surface area contributed by atoms with E-state index in [0.29, 0.717) is 0 Å². The molecule has 29 heavy (non-hydrogen) atoms. The second kappa shape index (κ2) is 10.5. The first-order chi connectivity index (χ1) is 13.7. The van der Waals surface area contributed by atoms with Crippen LogP contribution < -0.4 is 5.32 Å². The Morgan fingerprint density at radius 1 is 1.10 bits per heavy atom. The van der Waals surface area contributed by atoms with E-state index in [2.05, 4.69) is 5.32 Å². The molecular weight excluding hydrogens is 384 g/mol. The predicted molar refractivity (Wildman–Crippen MR) is 101 cm³/mol. The molecule has 1 atom stereocenters. The van der Waals surface area contributed by atoms with Gasteiger partial charge < -0.3 is 19.9 Å². The zero-order valence-corrected chi connectivity index (χ0v) is 16.2. The van der Waals surface area contributed by atoms with Gasteiger partial charge in [-0.1, -0.05) is 24.3 Å². The molecule has 0 saturated carbocycles. The first-order valence-electron chi connectivity index (χ1n) is 9.05. The van der Waals surface area contributed by atoms with Crippen molar-refractivity contribution in [3.8, 4) is 0 Å². The van der Waals surface area contributed by atoms with Gasteiger partial charge in [0.1, 0.15) is 18.2 Å². The van der Waals surface area contributed by atoms with Gasteiger partial charge in [0.15, 0.2) is 6.10 Å². The summed E-state index contributed by atoms with van der Waals surface area (Å²) < 4.78 is 36.7. The number of carboxylic acid groups (broad SMARTS) is 1. The summed E-state index contributed by atoms with van der Waals surface area (Å²) >= 11 is 0. The second-order valence-electron chi connectivity index (χ2n) is 6.70. The van der Waals surface area contributed by atoms with Crippen molar-refractivity contribution in [1.82, 2.24) is 5.32 Å². The van der Waals surface area contributed by atoms with E-state index in [0.717, 1.165) is 23.3 Å². The van der Waals surface area contributed by atoms with Crippen LogP contribution in [-0.4, -0.2) is 29.4 Å². The molecule has 156 valence electrons.